The Bertz CT molecular complexity index is 470. The van der Waals surface area contributed by atoms with E-state index in [1.54, 1.807) is 0 Å². The first-order valence-corrected chi connectivity index (χ1v) is 9.72. The molecule has 2 aliphatic rings. The van der Waals surface area contributed by atoms with Crippen molar-refractivity contribution in [1.82, 2.24) is 0 Å². The van der Waals surface area contributed by atoms with Gasteiger partial charge >= 0.3 is 0 Å². The van der Waals surface area contributed by atoms with Crippen molar-refractivity contribution in [2.45, 2.75) is 76.8 Å². The molecule has 2 fully saturated rings. The molecule has 4 atom stereocenters. The molecule has 0 aromatic heterocycles. The molecule has 0 aliphatic carbocycles. The van der Waals surface area contributed by atoms with E-state index in [0.29, 0.717) is 0 Å². The molecule has 3 rings (SSSR count). The molecule has 0 unspecified atom stereocenters. The third-order valence-electron chi connectivity index (χ3n) is 4.80. The van der Waals surface area contributed by atoms with Crippen molar-refractivity contribution >= 4 is 13.2 Å². The molecule has 116 valence electrons. The zero-order valence-electron chi connectivity index (χ0n) is 13.6. The molecule has 21 heavy (non-hydrogen) atoms. The third-order valence-corrected chi connectivity index (χ3v) is 8.18. The predicted molar refractivity (Wildman–Crippen MR) is 89.6 cm³/mol. The second-order valence-electron chi connectivity index (χ2n) is 6.70. The molecule has 0 N–H and O–H groups in total. The summed E-state index contributed by atoms with van der Waals surface area (Å²) < 4.78 is 12.2. The fourth-order valence-electron chi connectivity index (χ4n) is 3.77. The van der Waals surface area contributed by atoms with Gasteiger partial charge in [-0.1, -0.05) is 46.0 Å². The normalized spacial score (nSPS) is 37.8. The number of hydrogen-bond acceptors (Lipinski definition) is 2. The summed E-state index contributed by atoms with van der Waals surface area (Å²) in [6.45, 7) is 9.14. The van der Waals surface area contributed by atoms with Crippen LogP contribution in [-0.4, -0.2) is 23.5 Å². The van der Waals surface area contributed by atoms with Crippen molar-refractivity contribution in [2.75, 3.05) is 0 Å². The maximum atomic E-state index is 6.10. The van der Waals surface area contributed by atoms with Crippen LogP contribution in [0.3, 0.4) is 0 Å². The molecule has 0 bridgehead atoms. The van der Waals surface area contributed by atoms with Crippen LogP contribution in [0.2, 0.25) is 0 Å². The van der Waals surface area contributed by atoms with Gasteiger partial charge in [0, 0.05) is 5.56 Å². The Labute approximate surface area is 130 Å². The molecular weight excluding hydrogens is 279 g/mol. The highest BCUT2D eigenvalue weighted by molar-refractivity contribution is 7.67. The lowest BCUT2D eigenvalue weighted by molar-refractivity contribution is -0.238. The first kappa shape index (κ1) is 15.5. The van der Waals surface area contributed by atoms with E-state index in [9.17, 15) is 0 Å². The van der Waals surface area contributed by atoms with Gasteiger partial charge in [-0.25, -0.2) is 0 Å². The Hall–Kier alpha value is -0.430. The average Bonchev–Trinajstić information content (AvgIpc) is 2.77. The largest absolute Gasteiger partial charge is 0.345 e. The Morgan fingerprint density at radius 1 is 0.905 bits per heavy atom. The Morgan fingerprint density at radius 2 is 1.48 bits per heavy atom. The van der Waals surface area contributed by atoms with E-state index in [1.165, 1.54) is 23.7 Å². The van der Waals surface area contributed by atoms with E-state index >= 15 is 0 Å². The number of ether oxygens (including phenoxy) is 2. The molecule has 0 radical (unpaired) electrons. The fourth-order valence-corrected chi connectivity index (χ4v) is 7.18. The van der Waals surface area contributed by atoms with Gasteiger partial charge in [0.25, 0.3) is 0 Å². The van der Waals surface area contributed by atoms with Gasteiger partial charge in [-0.15, -0.1) is 0 Å². The molecule has 0 spiro atoms. The van der Waals surface area contributed by atoms with Gasteiger partial charge in [0.1, 0.15) is 0 Å². The van der Waals surface area contributed by atoms with Crippen molar-refractivity contribution in [2.24, 2.45) is 0 Å². The summed E-state index contributed by atoms with van der Waals surface area (Å²) in [5.41, 5.74) is 2.91. The highest BCUT2D eigenvalue weighted by Gasteiger charge is 2.35. The summed E-state index contributed by atoms with van der Waals surface area (Å²) in [6.07, 6.45) is 4.08. The van der Waals surface area contributed by atoms with Crippen molar-refractivity contribution in [3.05, 3.63) is 29.8 Å². The first-order chi connectivity index (χ1) is 10.1. The highest BCUT2D eigenvalue weighted by atomic mass is 31.1. The monoisotopic (exact) mass is 306 g/mol. The van der Waals surface area contributed by atoms with Gasteiger partial charge in [0.05, 0.1) is 12.2 Å². The van der Waals surface area contributed by atoms with Gasteiger partial charge in [0.15, 0.2) is 6.29 Å². The van der Waals surface area contributed by atoms with Crippen LogP contribution in [0.5, 0.6) is 0 Å². The Morgan fingerprint density at radius 3 is 2.10 bits per heavy atom. The minimum Gasteiger partial charge on any atom is -0.345 e. The number of benzene rings is 1. The minimum absolute atomic E-state index is 0.0968. The minimum atomic E-state index is -0.178. The molecule has 3 heteroatoms. The molecule has 2 nitrogen and oxygen atoms in total. The van der Waals surface area contributed by atoms with Crippen LogP contribution in [0.25, 0.3) is 0 Å². The van der Waals surface area contributed by atoms with Crippen molar-refractivity contribution in [3.8, 4) is 0 Å². The lowest BCUT2D eigenvalue weighted by atomic mass is 10.1. The molecule has 2 saturated heterocycles. The maximum Gasteiger partial charge on any atom is 0.185 e. The van der Waals surface area contributed by atoms with Crippen LogP contribution in [0.1, 0.15) is 58.8 Å². The Balaban J connectivity index is 1.92. The van der Waals surface area contributed by atoms with Crippen LogP contribution in [0.4, 0.5) is 0 Å². The van der Waals surface area contributed by atoms with E-state index in [0.717, 1.165) is 17.7 Å². The quantitative estimate of drug-likeness (QED) is 0.745. The molecule has 2 heterocycles. The zero-order chi connectivity index (χ0) is 15.0. The van der Waals surface area contributed by atoms with E-state index in [2.05, 4.69) is 52.0 Å². The molecular formula is C18H27O2P. The summed E-state index contributed by atoms with van der Waals surface area (Å²) >= 11 is 0. The molecule has 1 aromatic rings. The van der Waals surface area contributed by atoms with Crippen LogP contribution >= 0.6 is 7.92 Å². The van der Waals surface area contributed by atoms with Crippen LogP contribution in [-0.2, 0) is 9.47 Å². The van der Waals surface area contributed by atoms with Crippen LogP contribution in [0.15, 0.2) is 24.3 Å². The second kappa shape index (κ2) is 6.36. The van der Waals surface area contributed by atoms with Gasteiger partial charge in [-0.05, 0) is 49.7 Å². The smallest absolute Gasteiger partial charge is 0.185 e. The van der Waals surface area contributed by atoms with Gasteiger partial charge < -0.3 is 9.47 Å². The number of hydrogen-bond donors (Lipinski definition) is 0. The van der Waals surface area contributed by atoms with E-state index in [-0.39, 0.29) is 26.4 Å². The standard InChI is InChI=1S/C18H27O2P/c1-12-11-13(2)20-18(19-12)16-7-5-6-8-17(16)21-14(3)9-10-15(21)4/h5-8,12-15,18H,9-11H2,1-4H3/t12-,13-,14+,15+/m0/s1. The van der Waals surface area contributed by atoms with Crippen molar-refractivity contribution < 1.29 is 9.47 Å². The van der Waals surface area contributed by atoms with E-state index in [4.69, 9.17) is 9.47 Å². The predicted octanol–water partition coefficient (Wildman–Crippen LogP) is 4.58. The van der Waals surface area contributed by atoms with Crippen LogP contribution < -0.4 is 5.30 Å². The first-order valence-electron chi connectivity index (χ1n) is 8.24. The summed E-state index contributed by atoms with van der Waals surface area (Å²) in [6, 6.07) is 8.83. The second-order valence-corrected chi connectivity index (χ2v) is 9.76. The summed E-state index contributed by atoms with van der Waals surface area (Å²) in [4.78, 5) is 0. The Kier molecular flexibility index (Phi) is 4.69. The highest BCUT2D eigenvalue weighted by Crippen LogP contribution is 2.55. The van der Waals surface area contributed by atoms with Gasteiger partial charge in [0.2, 0.25) is 0 Å². The molecule has 1 aromatic carbocycles. The van der Waals surface area contributed by atoms with E-state index < -0.39 is 0 Å². The average molecular weight is 306 g/mol. The summed E-state index contributed by atoms with van der Waals surface area (Å²) in [5.74, 6) is 0. The number of rotatable bonds is 2. The van der Waals surface area contributed by atoms with Gasteiger partial charge in [-0.3, -0.25) is 0 Å². The van der Waals surface area contributed by atoms with Crippen molar-refractivity contribution in [1.29, 1.82) is 0 Å². The molecule has 0 amide bonds. The molecule has 0 saturated carbocycles. The van der Waals surface area contributed by atoms with Crippen LogP contribution in [0, 0.1) is 0 Å². The van der Waals surface area contributed by atoms with Gasteiger partial charge in [-0.2, -0.15) is 0 Å². The maximum absolute atomic E-state index is 6.10. The zero-order valence-corrected chi connectivity index (χ0v) is 14.5. The topological polar surface area (TPSA) is 18.5 Å². The fraction of sp³-hybridized carbons (Fsp3) is 0.667. The van der Waals surface area contributed by atoms with E-state index in [1.807, 2.05) is 0 Å². The molecule has 2 aliphatic heterocycles. The lowest BCUT2D eigenvalue weighted by Gasteiger charge is -2.35. The summed E-state index contributed by atoms with van der Waals surface area (Å²) in [5, 5.41) is 1.51. The summed E-state index contributed by atoms with van der Waals surface area (Å²) in [7, 11) is -0.0968. The third kappa shape index (κ3) is 3.18. The lowest BCUT2D eigenvalue weighted by Crippen LogP contribution is -2.32. The van der Waals surface area contributed by atoms with Crippen molar-refractivity contribution in [3.63, 3.8) is 0 Å². The SMILES string of the molecule is C[C@@H]1CC[C@@H](C)P1c1ccccc1C1O[C@@H](C)C[C@H](C)O1.